The van der Waals surface area contributed by atoms with E-state index in [1.807, 2.05) is 0 Å². The number of carbonyl (C=O) groups excluding carboxylic acids is 1. The third kappa shape index (κ3) is 4.07. The molecule has 0 unspecified atom stereocenters. The number of halogens is 2. The first-order valence-corrected chi connectivity index (χ1v) is 9.83. The lowest BCUT2D eigenvalue weighted by molar-refractivity contribution is -0.135. The highest BCUT2D eigenvalue weighted by Crippen LogP contribution is 2.28. The minimum absolute atomic E-state index is 0.172. The predicted molar refractivity (Wildman–Crippen MR) is 110 cm³/mol. The quantitative estimate of drug-likeness (QED) is 0.539. The highest BCUT2D eigenvalue weighted by molar-refractivity contribution is 6.31. The molecule has 0 aromatic carbocycles. The van der Waals surface area contributed by atoms with E-state index in [0.717, 1.165) is 6.20 Å². The first kappa shape index (κ1) is 20.5. The average molecular weight is 434 g/mol. The van der Waals surface area contributed by atoms with E-state index in [1.54, 1.807) is 17.2 Å². The number of nitrogens with one attached hydrogen (secondary N) is 2. The summed E-state index contributed by atoms with van der Waals surface area (Å²) in [7, 11) is 0. The summed E-state index contributed by atoms with van der Waals surface area (Å²) in [5, 5.41) is 3.87. The standard InChI is InChI=1S/C19H21ClFN7O2/c1-19(22,18(29)28-3-2-5-30-6-4-28)27-17-14(21)10-25-16(26-17)13-9-24-15-12(13)7-11(20)8-23-15/h7-10H,2-6,22H2,1H3,(H,23,24)(H,25,26,27)/t19-/m0/s1. The van der Waals surface area contributed by atoms with E-state index in [9.17, 15) is 9.18 Å². The van der Waals surface area contributed by atoms with Crippen molar-refractivity contribution in [1.82, 2.24) is 24.8 Å². The van der Waals surface area contributed by atoms with Crippen LogP contribution in [0.25, 0.3) is 22.4 Å². The summed E-state index contributed by atoms with van der Waals surface area (Å²) in [6.45, 7) is 3.45. The summed E-state index contributed by atoms with van der Waals surface area (Å²) in [6, 6.07) is 1.72. The molecule has 0 spiro atoms. The fraction of sp³-hybridized carbons (Fsp3) is 0.368. The summed E-state index contributed by atoms with van der Waals surface area (Å²) in [6.07, 6.45) is 4.92. The Labute approximate surface area is 176 Å². The first-order chi connectivity index (χ1) is 14.3. The fourth-order valence-electron chi connectivity index (χ4n) is 3.32. The van der Waals surface area contributed by atoms with E-state index in [1.165, 1.54) is 13.1 Å². The van der Waals surface area contributed by atoms with Crippen LogP contribution in [0.4, 0.5) is 10.2 Å². The Morgan fingerprint density at radius 3 is 3.03 bits per heavy atom. The van der Waals surface area contributed by atoms with E-state index >= 15 is 0 Å². The fourth-order valence-corrected chi connectivity index (χ4v) is 3.48. The summed E-state index contributed by atoms with van der Waals surface area (Å²) in [5.74, 6) is -1.02. The molecule has 158 valence electrons. The van der Waals surface area contributed by atoms with E-state index in [0.29, 0.717) is 54.3 Å². The number of pyridine rings is 1. The molecular formula is C19H21ClFN7O2. The van der Waals surface area contributed by atoms with Gasteiger partial charge in [-0.2, -0.15) is 0 Å². The molecule has 1 atom stereocenters. The van der Waals surface area contributed by atoms with E-state index < -0.39 is 11.5 Å². The van der Waals surface area contributed by atoms with Gasteiger partial charge in [-0.3, -0.25) is 4.79 Å². The smallest absolute Gasteiger partial charge is 0.262 e. The number of rotatable bonds is 4. The number of aromatic nitrogens is 4. The van der Waals surface area contributed by atoms with Gasteiger partial charge in [0.1, 0.15) is 5.65 Å². The van der Waals surface area contributed by atoms with Crippen LogP contribution in [0.2, 0.25) is 5.02 Å². The zero-order valence-corrected chi connectivity index (χ0v) is 17.0. The highest BCUT2D eigenvalue weighted by atomic mass is 35.5. The zero-order chi connectivity index (χ0) is 21.3. The molecule has 3 aromatic rings. The Balaban J connectivity index is 1.63. The number of hydrogen-bond acceptors (Lipinski definition) is 7. The highest BCUT2D eigenvalue weighted by Gasteiger charge is 2.34. The summed E-state index contributed by atoms with van der Waals surface area (Å²) in [4.78, 5) is 30.0. The topological polar surface area (TPSA) is 122 Å². The molecule has 4 N–H and O–H groups in total. The van der Waals surface area contributed by atoms with Crippen LogP contribution >= 0.6 is 11.6 Å². The predicted octanol–water partition coefficient (Wildman–Crippen LogP) is 2.15. The number of nitrogens with zero attached hydrogens (tertiary/aromatic N) is 4. The molecular weight excluding hydrogens is 413 g/mol. The van der Waals surface area contributed by atoms with Gasteiger partial charge in [0, 0.05) is 43.0 Å². The maximum atomic E-state index is 14.5. The van der Waals surface area contributed by atoms with Gasteiger partial charge in [0.2, 0.25) is 0 Å². The van der Waals surface area contributed by atoms with Crippen molar-refractivity contribution >= 4 is 34.4 Å². The van der Waals surface area contributed by atoms with Crippen molar-refractivity contribution in [3.8, 4) is 11.4 Å². The van der Waals surface area contributed by atoms with Gasteiger partial charge in [0.25, 0.3) is 5.91 Å². The van der Waals surface area contributed by atoms with Gasteiger partial charge < -0.3 is 25.7 Å². The van der Waals surface area contributed by atoms with Gasteiger partial charge in [-0.05, 0) is 19.4 Å². The van der Waals surface area contributed by atoms with Crippen LogP contribution in [0.5, 0.6) is 0 Å². The van der Waals surface area contributed by atoms with Crippen molar-refractivity contribution in [3.05, 3.63) is 35.5 Å². The van der Waals surface area contributed by atoms with Crippen LogP contribution < -0.4 is 11.1 Å². The van der Waals surface area contributed by atoms with Crippen LogP contribution in [0.3, 0.4) is 0 Å². The van der Waals surface area contributed by atoms with Gasteiger partial charge in [-0.25, -0.2) is 19.3 Å². The molecule has 1 amide bonds. The lowest BCUT2D eigenvalue weighted by atomic mass is 10.1. The number of fused-ring (bicyclic) bond motifs is 1. The van der Waals surface area contributed by atoms with Crippen LogP contribution in [-0.2, 0) is 9.53 Å². The molecule has 0 aliphatic carbocycles. The summed E-state index contributed by atoms with van der Waals surface area (Å²) >= 11 is 6.04. The average Bonchev–Trinajstić information content (AvgIpc) is 2.94. The molecule has 1 aliphatic heterocycles. The second-order valence-electron chi connectivity index (χ2n) is 7.23. The molecule has 0 saturated carbocycles. The minimum Gasteiger partial charge on any atom is -0.380 e. The van der Waals surface area contributed by atoms with Crippen LogP contribution in [0, 0.1) is 5.82 Å². The second kappa shape index (κ2) is 8.13. The molecule has 4 heterocycles. The third-order valence-corrected chi connectivity index (χ3v) is 5.02. The molecule has 30 heavy (non-hydrogen) atoms. The maximum absolute atomic E-state index is 14.5. The zero-order valence-electron chi connectivity index (χ0n) is 16.3. The largest absolute Gasteiger partial charge is 0.380 e. The van der Waals surface area contributed by atoms with Crippen LogP contribution in [0.15, 0.2) is 24.7 Å². The number of carbonyl (C=O) groups is 1. The monoisotopic (exact) mass is 433 g/mol. The SMILES string of the molecule is C[C@](N)(Nc1nc(-c2c[nH]c3ncc(Cl)cc23)ncc1F)C(=O)N1CCCOCC1. The second-order valence-corrected chi connectivity index (χ2v) is 7.66. The van der Waals surface area contributed by atoms with Crippen LogP contribution in [-0.4, -0.2) is 62.7 Å². The van der Waals surface area contributed by atoms with Gasteiger partial charge in [-0.15, -0.1) is 0 Å². The number of aromatic amines is 1. The minimum atomic E-state index is -1.57. The van der Waals surface area contributed by atoms with Crippen molar-refractivity contribution < 1.29 is 13.9 Å². The normalized spacial score (nSPS) is 16.9. The van der Waals surface area contributed by atoms with Crippen molar-refractivity contribution in [2.24, 2.45) is 5.73 Å². The Hall–Kier alpha value is -2.82. The number of H-pyrrole nitrogens is 1. The van der Waals surface area contributed by atoms with E-state index in [2.05, 4.69) is 25.3 Å². The molecule has 0 bridgehead atoms. The maximum Gasteiger partial charge on any atom is 0.262 e. The number of ether oxygens (including phenoxy) is 1. The Morgan fingerprint density at radius 1 is 1.37 bits per heavy atom. The lowest BCUT2D eigenvalue weighted by Gasteiger charge is -2.31. The van der Waals surface area contributed by atoms with Gasteiger partial charge in [0.15, 0.2) is 23.1 Å². The van der Waals surface area contributed by atoms with E-state index in [4.69, 9.17) is 22.1 Å². The van der Waals surface area contributed by atoms with Crippen molar-refractivity contribution in [2.45, 2.75) is 19.0 Å². The summed E-state index contributed by atoms with van der Waals surface area (Å²) in [5.41, 5.74) is 5.84. The first-order valence-electron chi connectivity index (χ1n) is 9.45. The number of anilines is 1. The Bertz CT molecular complexity index is 1080. The van der Waals surface area contributed by atoms with Crippen molar-refractivity contribution in [3.63, 3.8) is 0 Å². The molecule has 9 nitrogen and oxygen atoms in total. The molecule has 1 fully saturated rings. The third-order valence-electron chi connectivity index (χ3n) is 4.81. The number of hydrogen-bond donors (Lipinski definition) is 3. The van der Waals surface area contributed by atoms with Crippen molar-refractivity contribution in [1.29, 1.82) is 0 Å². The Morgan fingerprint density at radius 2 is 2.20 bits per heavy atom. The molecule has 0 radical (unpaired) electrons. The van der Waals surface area contributed by atoms with Crippen molar-refractivity contribution in [2.75, 3.05) is 31.6 Å². The van der Waals surface area contributed by atoms with Crippen LogP contribution in [0.1, 0.15) is 13.3 Å². The van der Waals surface area contributed by atoms with Gasteiger partial charge >= 0.3 is 0 Å². The number of nitrogens with two attached hydrogens (primary N) is 1. The van der Waals surface area contributed by atoms with E-state index in [-0.39, 0.29) is 17.5 Å². The molecule has 1 saturated heterocycles. The Kier molecular flexibility index (Phi) is 5.54. The molecule has 11 heteroatoms. The van der Waals surface area contributed by atoms with Gasteiger partial charge in [-0.1, -0.05) is 11.6 Å². The molecule has 1 aliphatic rings. The number of amides is 1. The molecule has 4 rings (SSSR count). The molecule has 3 aromatic heterocycles. The van der Waals surface area contributed by atoms with Gasteiger partial charge in [0.05, 0.1) is 17.8 Å². The lowest BCUT2D eigenvalue weighted by Crippen LogP contribution is -2.59. The summed E-state index contributed by atoms with van der Waals surface area (Å²) < 4.78 is 19.8.